The number of nitrogens with one attached hydrogen (secondary N) is 1. The van der Waals surface area contributed by atoms with Gasteiger partial charge in [-0.25, -0.2) is 9.97 Å². The molecule has 82 valence electrons. The first-order valence-corrected chi connectivity index (χ1v) is 5.58. The highest BCUT2D eigenvalue weighted by atomic mass is 15.0. The van der Waals surface area contributed by atoms with Gasteiger partial charge in [0.25, 0.3) is 0 Å². The molecule has 1 heterocycles. The van der Waals surface area contributed by atoms with Crippen molar-refractivity contribution in [3.05, 3.63) is 17.6 Å². The molecule has 0 spiro atoms. The van der Waals surface area contributed by atoms with Gasteiger partial charge in [-0.15, -0.1) is 0 Å². The van der Waals surface area contributed by atoms with Gasteiger partial charge in [0.2, 0.25) is 0 Å². The van der Waals surface area contributed by atoms with Crippen LogP contribution in [0.3, 0.4) is 0 Å². The Morgan fingerprint density at radius 3 is 2.40 bits per heavy atom. The fraction of sp³-hybridized carbons (Fsp3) is 0.667. The highest BCUT2D eigenvalue weighted by Gasteiger charge is 2.28. The molecule has 3 heteroatoms. The van der Waals surface area contributed by atoms with Gasteiger partial charge in [0.15, 0.2) is 0 Å². The van der Waals surface area contributed by atoms with Gasteiger partial charge < -0.3 is 5.32 Å². The van der Waals surface area contributed by atoms with Gasteiger partial charge in [-0.2, -0.15) is 0 Å². The lowest BCUT2D eigenvalue weighted by Crippen LogP contribution is -2.16. The van der Waals surface area contributed by atoms with Crippen LogP contribution >= 0.6 is 0 Å². The summed E-state index contributed by atoms with van der Waals surface area (Å²) < 4.78 is 0. The normalized spacial score (nSPS) is 16.5. The zero-order chi connectivity index (χ0) is 11.1. The standard InChI is InChI=1S/C12H19N3/c1-12(2,3)9-7-10(13-4)15-11(14-9)8-5-6-8/h7-8H,5-6H2,1-4H3,(H,13,14,15). The summed E-state index contributed by atoms with van der Waals surface area (Å²) in [5.41, 5.74) is 1.22. The molecule has 0 atom stereocenters. The van der Waals surface area contributed by atoms with Crippen molar-refractivity contribution < 1.29 is 0 Å². The Kier molecular flexibility index (Phi) is 2.41. The minimum absolute atomic E-state index is 0.0954. The Morgan fingerprint density at radius 1 is 1.27 bits per heavy atom. The molecule has 0 unspecified atom stereocenters. The van der Waals surface area contributed by atoms with Crippen molar-refractivity contribution in [2.24, 2.45) is 0 Å². The molecule has 0 radical (unpaired) electrons. The Labute approximate surface area is 91.3 Å². The fourth-order valence-electron chi connectivity index (χ4n) is 1.50. The van der Waals surface area contributed by atoms with Crippen molar-refractivity contribution in [3.8, 4) is 0 Å². The Balaban J connectivity index is 2.41. The van der Waals surface area contributed by atoms with Gasteiger partial charge in [-0.3, -0.25) is 0 Å². The third kappa shape index (κ3) is 2.28. The predicted octanol–water partition coefficient (Wildman–Crippen LogP) is 2.69. The molecule has 1 aliphatic rings. The molecule has 1 fully saturated rings. The number of rotatable bonds is 2. The van der Waals surface area contributed by atoms with Crippen LogP contribution in [0.5, 0.6) is 0 Å². The minimum atomic E-state index is 0.0954. The first-order valence-electron chi connectivity index (χ1n) is 5.58. The van der Waals surface area contributed by atoms with Crippen molar-refractivity contribution in [2.75, 3.05) is 12.4 Å². The molecule has 15 heavy (non-hydrogen) atoms. The second kappa shape index (κ2) is 3.47. The number of anilines is 1. The molecule has 0 saturated heterocycles. The first-order chi connectivity index (χ1) is 7.00. The molecule has 1 aliphatic carbocycles. The van der Waals surface area contributed by atoms with E-state index in [0.29, 0.717) is 5.92 Å². The Bertz CT molecular complexity index is 362. The minimum Gasteiger partial charge on any atom is -0.373 e. The molecule has 1 aromatic rings. The zero-order valence-corrected chi connectivity index (χ0v) is 9.96. The molecule has 0 bridgehead atoms. The molecule has 1 N–H and O–H groups in total. The van der Waals surface area contributed by atoms with Crippen LogP contribution in [0.4, 0.5) is 5.82 Å². The van der Waals surface area contributed by atoms with Crippen LogP contribution in [0.15, 0.2) is 6.07 Å². The average Bonchev–Trinajstić information content (AvgIpc) is 2.99. The monoisotopic (exact) mass is 205 g/mol. The van der Waals surface area contributed by atoms with Crippen molar-refractivity contribution in [2.45, 2.75) is 44.9 Å². The SMILES string of the molecule is CNc1cc(C(C)(C)C)nc(C2CC2)n1. The summed E-state index contributed by atoms with van der Waals surface area (Å²) in [7, 11) is 1.91. The quantitative estimate of drug-likeness (QED) is 0.806. The van der Waals surface area contributed by atoms with E-state index < -0.39 is 0 Å². The Hall–Kier alpha value is -1.12. The smallest absolute Gasteiger partial charge is 0.134 e. The maximum Gasteiger partial charge on any atom is 0.134 e. The van der Waals surface area contributed by atoms with E-state index in [1.807, 2.05) is 13.1 Å². The number of aromatic nitrogens is 2. The third-order valence-corrected chi connectivity index (χ3v) is 2.71. The maximum absolute atomic E-state index is 4.66. The van der Waals surface area contributed by atoms with Gasteiger partial charge in [-0.1, -0.05) is 20.8 Å². The summed E-state index contributed by atoms with van der Waals surface area (Å²) in [4.78, 5) is 9.17. The van der Waals surface area contributed by atoms with E-state index in [2.05, 4.69) is 36.1 Å². The van der Waals surface area contributed by atoms with Gasteiger partial charge in [0.05, 0.1) is 5.69 Å². The molecule has 0 aliphatic heterocycles. The molecular formula is C12H19N3. The van der Waals surface area contributed by atoms with Crippen LogP contribution in [0.1, 0.15) is 51.0 Å². The summed E-state index contributed by atoms with van der Waals surface area (Å²) in [6.45, 7) is 6.56. The van der Waals surface area contributed by atoms with E-state index in [1.165, 1.54) is 12.8 Å². The number of hydrogen-bond donors (Lipinski definition) is 1. The molecule has 1 saturated carbocycles. The van der Waals surface area contributed by atoms with Crippen LogP contribution in [0.25, 0.3) is 0 Å². The van der Waals surface area contributed by atoms with Crippen molar-refractivity contribution >= 4 is 5.82 Å². The van der Waals surface area contributed by atoms with E-state index in [9.17, 15) is 0 Å². The predicted molar refractivity (Wildman–Crippen MR) is 62.3 cm³/mol. The lowest BCUT2D eigenvalue weighted by molar-refractivity contribution is 0.562. The van der Waals surface area contributed by atoms with Crippen molar-refractivity contribution in [3.63, 3.8) is 0 Å². The van der Waals surface area contributed by atoms with Gasteiger partial charge >= 0.3 is 0 Å². The molecule has 3 nitrogen and oxygen atoms in total. The third-order valence-electron chi connectivity index (χ3n) is 2.71. The van der Waals surface area contributed by atoms with Gasteiger partial charge in [0.1, 0.15) is 11.6 Å². The second-order valence-electron chi connectivity index (χ2n) is 5.27. The lowest BCUT2D eigenvalue weighted by atomic mass is 9.92. The molecule has 0 aromatic carbocycles. The topological polar surface area (TPSA) is 37.8 Å². The van der Waals surface area contributed by atoms with Crippen LogP contribution in [0.2, 0.25) is 0 Å². The fourth-order valence-corrected chi connectivity index (χ4v) is 1.50. The first kappa shape index (κ1) is 10.4. The summed E-state index contributed by atoms with van der Waals surface area (Å²) in [6.07, 6.45) is 2.49. The zero-order valence-electron chi connectivity index (χ0n) is 9.96. The highest BCUT2D eigenvalue weighted by molar-refractivity contribution is 5.38. The molecular weight excluding hydrogens is 186 g/mol. The second-order valence-corrected chi connectivity index (χ2v) is 5.27. The number of hydrogen-bond acceptors (Lipinski definition) is 3. The van der Waals surface area contributed by atoms with Gasteiger partial charge in [-0.05, 0) is 12.8 Å². The Morgan fingerprint density at radius 2 is 1.93 bits per heavy atom. The maximum atomic E-state index is 4.66. The van der Waals surface area contributed by atoms with E-state index in [4.69, 9.17) is 0 Å². The summed E-state index contributed by atoms with van der Waals surface area (Å²) >= 11 is 0. The van der Waals surface area contributed by atoms with E-state index in [-0.39, 0.29) is 5.41 Å². The number of nitrogens with zero attached hydrogens (tertiary/aromatic N) is 2. The summed E-state index contributed by atoms with van der Waals surface area (Å²) in [5, 5.41) is 3.11. The molecule has 0 amide bonds. The van der Waals surface area contributed by atoms with Crippen LogP contribution in [-0.2, 0) is 5.41 Å². The van der Waals surface area contributed by atoms with E-state index in [0.717, 1.165) is 17.3 Å². The van der Waals surface area contributed by atoms with Gasteiger partial charge in [0, 0.05) is 24.4 Å². The highest BCUT2D eigenvalue weighted by Crippen LogP contribution is 2.39. The van der Waals surface area contributed by atoms with Crippen molar-refractivity contribution in [1.82, 2.24) is 9.97 Å². The van der Waals surface area contributed by atoms with Crippen LogP contribution in [0, 0.1) is 0 Å². The summed E-state index contributed by atoms with van der Waals surface area (Å²) in [6, 6.07) is 2.05. The van der Waals surface area contributed by atoms with Crippen molar-refractivity contribution in [1.29, 1.82) is 0 Å². The van der Waals surface area contributed by atoms with Crippen LogP contribution < -0.4 is 5.32 Å². The average molecular weight is 205 g/mol. The molecule has 2 rings (SSSR count). The lowest BCUT2D eigenvalue weighted by Gasteiger charge is -2.19. The van der Waals surface area contributed by atoms with E-state index >= 15 is 0 Å². The summed E-state index contributed by atoms with van der Waals surface area (Å²) in [5.74, 6) is 2.57. The van der Waals surface area contributed by atoms with E-state index in [1.54, 1.807) is 0 Å². The van der Waals surface area contributed by atoms with Crippen LogP contribution in [-0.4, -0.2) is 17.0 Å². The largest absolute Gasteiger partial charge is 0.373 e. The molecule has 1 aromatic heterocycles.